The fraction of sp³-hybridized carbons (Fsp3) is 0.188. The Morgan fingerprint density at radius 1 is 1.23 bits per heavy atom. The number of phenols is 1. The number of carbonyl (C=O) groups excluding carboxylic acids is 1. The lowest BCUT2D eigenvalue weighted by Gasteiger charge is -2.12. The molecule has 0 saturated heterocycles. The van der Waals surface area contributed by atoms with Gasteiger partial charge in [-0.1, -0.05) is 6.07 Å². The van der Waals surface area contributed by atoms with Gasteiger partial charge in [0.1, 0.15) is 23.4 Å². The second kappa shape index (κ2) is 5.10. The van der Waals surface area contributed by atoms with Gasteiger partial charge in [-0.15, -0.1) is 13.2 Å². The van der Waals surface area contributed by atoms with Gasteiger partial charge in [0.25, 0.3) is 5.69 Å². The van der Waals surface area contributed by atoms with E-state index in [1.54, 1.807) is 0 Å². The molecular formula is C16H8F3NO6. The molecule has 1 N–H and O–H groups in total. The first kappa shape index (κ1) is 16.2. The third-order valence-corrected chi connectivity index (χ3v) is 4.32. The first-order chi connectivity index (χ1) is 12.2. The van der Waals surface area contributed by atoms with Gasteiger partial charge in [0.05, 0.1) is 22.0 Å². The maximum Gasteiger partial charge on any atom is 0.573 e. The van der Waals surface area contributed by atoms with Crippen LogP contribution in [0.15, 0.2) is 30.3 Å². The Morgan fingerprint density at radius 3 is 2.62 bits per heavy atom. The van der Waals surface area contributed by atoms with E-state index in [1.165, 1.54) is 6.07 Å². The number of benzene rings is 2. The second-order valence-corrected chi connectivity index (χ2v) is 5.78. The predicted octanol–water partition coefficient (Wildman–Crippen LogP) is 3.61. The number of hydrogen-bond acceptors (Lipinski definition) is 6. The van der Waals surface area contributed by atoms with Crippen molar-refractivity contribution in [2.75, 3.05) is 0 Å². The van der Waals surface area contributed by atoms with Gasteiger partial charge in [0.2, 0.25) is 0 Å². The minimum Gasteiger partial charge on any atom is -0.507 e. The molecule has 2 unspecified atom stereocenters. The molecule has 0 saturated carbocycles. The number of Topliss-reactive ketones (excluding diaryl/α,β-unsaturated/α-hetero) is 1. The molecule has 0 aromatic heterocycles. The van der Waals surface area contributed by atoms with E-state index >= 15 is 0 Å². The summed E-state index contributed by atoms with van der Waals surface area (Å²) in [6.07, 6.45) is -5.99. The number of ether oxygens (including phenoxy) is 2. The van der Waals surface area contributed by atoms with Crippen LogP contribution in [0.5, 0.6) is 17.2 Å². The quantitative estimate of drug-likeness (QED) is 0.643. The number of alkyl halides is 3. The number of hydrogen-bond donors (Lipinski definition) is 1. The van der Waals surface area contributed by atoms with Crippen LogP contribution in [0.25, 0.3) is 0 Å². The Morgan fingerprint density at radius 2 is 1.96 bits per heavy atom. The molecule has 2 aromatic carbocycles. The van der Waals surface area contributed by atoms with Crippen molar-refractivity contribution in [3.05, 3.63) is 57.1 Å². The zero-order valence-electron chi connectivity index (χ0n) is 12.6. The molecule has 1 heterocycles. The van der Waals surface area contributed by atoms with Crippen molar-refractivity contribution in [3.63, 3.8) is 0 Å². The summed E-state index contributed by atoms with van der Waals surface area (Å²) in [6, 6.07) is 5.35. The third kappa shape index (κ3) is 2.25. The molecule has 0 bridgehead atoms. The number of fused-ring (bicyclic) bond motifs is 5. The predicted molar refractivity (Wildman–Crippen MR) is 78.3 cm³/mol. The van der Waals surface area contributed by atoms with Crippen LogP contribution in [-0.2, 0) is 0 Å². The topological polar surface area (TPSA) is 98.9 Å². The van der Waals surface area contributed by atoms with E-state index in [0.717, 1.165) is 24.3 Å². The molecule has 2 atom stereocenters. The number of halogens is 3. The van der Waals surface area contributed by atoms with E-state index in [4.69, 9.17) is 4.74 Å². The molecule has 1 aliphatic heterocycles. The highest BCUT2D eigenvalue weighted by molar-refractivity contribution is 6.10. The molecule has 7 nitrogen and oxygen atoms in total. The first-order valence-corrected chi connectivity index (χ1v) is 7.28. The van der Waals surface area contributed by atoms with Gasteiger partial charge in [-0.3, -0.25) is 14.9 Å². The Bertz CT molecular complexity index is 971. The van der Waals surface area contributed by atoms with Crippen LogP contribution < -0.4 is 9.47 Å². The summed E-state index contributed by atoms with van der Waals surface area (Å²) in [7, 11) is 0. The first-order valence-electron chi connectivity index (χ1n) is 7.28. The van der Waals surface area contributed by atoms with E-state index in [9.17, 15) is 33.2 Å². The summed E-state index contributed by atoms with van der Waals surface area (Å²) in [6.45, 7) is 0. The van der Waals surface area contributed by atoms with Crippen molar-refractivity contribution in [2.45, 2.75) is 18.4 Å². The maximum absolute atomic E-state index is 12.7. The van der Waals surface area contributed by atoms with E-state index in [-0.39, 0.29) is 22.4 Å². The summed E-state index contributed by atoms with van der Waals surface area (Å²) >= 11 is 0. The number of carbonyl (C=O) groups is 1. The van der Waals surface area contributed by atoms with Gasteiger partial charge in [0.15, 0.2) is 5.78 Å². The molecule has 134 valence electrons. The number of aromatic hydroxyl groups is 1. The molecule has 2 aromatic rings. The van der Waals surface area contributed by atoms with Gasteiger partial charge < -0.3 is 14.6 Å². The lowest BCUT2D eigenvalue weighted by molar-refractivity contribution is -0.386. The summed E-state index contributed by atoms with van der Waals surface area (Å²) < 4.78 is 46.4. The SMILES string of the molecule is O=C1c2c(O)ccc([N+](=O)[O-])c2C2Oc3cc(OC(F)(F)F)ccc3C12. The van der Waals surface area contributed by atoms with Crippen LogP contribution in [0, 0.1) is 10.1 Å². The van der Waals surface area contributed by atoms with Gasteiger partial charge >= 0.3 is 6.36 Å². The molecule has 1 aliphatic carbocycles. The largest absolute Gasteiger partial charge is 0.573 e. The average molecular weight is 367 g/mol. The summed E-state index contributed by atoms with van der Waals surface area (Å²) in [5, 5.41) is 21.2. The minimum atomic E-state index is -4.89. The highest BCUT2D eigenvalue weighted by Gasteiger charge is 2.52. The van der Waals surface area contributed by atoms with E-state index < -0.39 is 46.3 Å². The highest BCUT2D eigenvalue weighted by atomic mass is 19.4. The average Bonchev–Trinajstić information content (AvgIpc) is 3.02. The second-order valence-electron chi connectivity index (χ2n) is 5.78. The summed E-state index contributed by atoms with van der Waals surface area (Å²) in [5.74, 6) is -2.54. The molecule has 0 amide bonds. The van der Waals surface area contributed by atoms with Gasteiger partial charge in [-0.05, 0) is 12.1 Å². The third-order valence-electron chi connectivity index (χ3n) is 4.32. The van der Waals surface area contributed by atoms with E-state index in [2.05, 4.69) is 4.74 Å². The Labute approximate surface area is 142 Å². The lowest BCUT2D eigenvalue weighted by atomic mass is 9.95. The molecule has 26 heavy (non-hydrogen) atoms. The van der Waals surface area contributed by atoms with Crippen LogP contribution in [0.4, 0.5) is 18.9 Å². The van der Waals surface area contributed by atoms with Crippen molar-refractivity contribution >= 4 is 11.5 Å². The number of nitro groups is 1. The molecule has 2 aliphatic rings. The fourth-order valence-electron chi connectivity index (χ4n) is 3.40. The van der Waals surface area contributed by atoms with Crippen molar-refractivity contribution in [3.8, 4) is 17.2 Å². The van der Waals surface area contributed by atoms with Crippen molar-refractivity contribution in [1.82, 2.24) is 0 Å². The van der Waals surface area contributed by atoms with Gasteiger partial charge in [-0.2, -0.15) is 0 Å². The zero-order valence-corrected chi connectivity index (χ0v) is 12.6. The minimum absolute atomic E-state index is 0.0293. The van der Waals surface area contributed by atoms with Crippen LogP contribution in [-0.4, -0.2) is 22.2 Å². The monoisotopic (exact) mass is 367 g/mol. The Balaban J connectivity index is 1.80. The normalized spacial score (nSPS) is 20.2. The van der Waals surface area contributed by atoms with E-state index in [0.29, 0.717) is 0 Å². The molecule has 0 radical (unpaired) electrons. The van der Waals surface area contributed by atoms with Crippen LogP contribution >= 0.6 is 0 Å². The number of nitrogens with zero attached hydrogens (tertiary/aromatic N) is 1. The number of rotatable bonds is 2. The van der Waals surface area contributed by atoms with Crippen molar-refractivity contribution < 1.29 is 37.5 Å². The standard InChI is InChI=1S/C16H8F3NO6/c17-16(18,19)26-6-1-2-7-10(5-6)25-15-11(7)14(22)13-9(21)4-3-8(12(13)15)20(23)24/h1-5,11,15,21H. The molecule has 4 rings (SSSR count). The van der Waals surface area contributed by atoms with Crippen LogP contribution in [0.2, 0.25) is 0 Å². The molecule has 0 fully saturated rings. The summed E-state index contributed by atoms with van der Waals surface area (Å²) in [5.41, 5.74) is -0.410. The van der Waals surface area contributed by atoms with Crippen LogP contribution in [0.3, 0.4) is 0 Å². The van der Waals surface area contributed by atoms with E-state index in [1.807, 2.05) is 0 Å². The van der Waals surface area contributed by atoms with Crippen molar-refractivity contribution in [1.29, 1.82) is 0 Å². The molecule has 0 spiro atoms. The zero-order chi connectivity index (χ0) is 18.8. The highest BCUT2D eigenvalue weighted by Crippen LogP contribution is 2.57. The number of phenolic OH excluding ortho intramolecular Hbond substituents is 1. The Hall–Kier alpha value is -3.30. The smallest absolute Gasteiger partial charge is 0.507 e. The molecule has 10 heteroatoms. The fourth-order valence-corrected chi connectivity index (χ4v) is 3.40. The van der Waals surface area contributed by atoms with Gasteiger partial charge in [0, 0.05) is 17.7 Å². The van der Waals surface area contributed by atoms with Crippen molar-refractivity contribution in [2.24, 2.45) is 0 Å². The number of nitro benzene ring substituents is 1. The number of ketones is 1. The Kier molecular flexibility index (Phi) is 3.17. The maximum atomic E-state index is 12.7. The van der Waals surface area contributed by atoms with Gasteiger partial charge in [-0.25, -0.2) is 0 Å². The summed E-state index contributed by atoms with van der Waals surface area (Å²) in [4.78, 5) is 23.2. The lowest BCUT2D eigenvalue weighted by Crippen LogP contribution is -2.17. The van der Waals surface area contributed by atoms with Crippen LogP contribution in [0.1, 0.15) is 33.5 Å². The molecular weight excluding hydrogens is 359 g/mol.